The second-order valence-electron chi connectivity index (χ2n) is 3.16. The van der Waals surface area contributed by atoms with Crippen LogP contribution in [-0.4, -0.2) is 63.9 Å². The summed E-state index contributed by atoms with van der Waals surface area (Å²) in [7, 11) is 1.64. The second kappa shape index (κ2) is 6.75. The number of amides is 1. The molecule has 82 valence electrons. The van der Waals surface area contributed by atoms with Crippen LogP contribution < -0.4 is 5.32 Å². The molecule has 0 unspecified atom stereocenters. The van der Waals surface area contributed by atoms with Gasteiger partial charge in [-0.15, -0.1) is 0 Å². The lowest BCUT2D eigenvalue weighted by molar-refractivity contribution is -0.134. The van der Waals surface area contributed by atoms with E-state index in [-0.39, 0.29) is 5.91 Å². The molecule has 0 aromatic rings. The van der Waals surface area contributed by atoms with Gasteiger partial charge in [-0.05, 0) is 0 Å². The van der Waals surface area contributed by atoms with Gasteiger partial charge in [-0.3, -0.25) is 4.79 Å². The molecule has 0 spiro atoms. The molecule has 5 nitrogen and oxygen atoms in total. The lowest BCUT2D eigenvalue weighted by Gasteiger charge is -2.26. The Morgan fingerprint density at radius 3 is 2.86 bits per heavy atom. The highest BCUT2D eigenvalue weighted by atomic mass is 16.5. The molecule has 1 aliphatic rings. The molecule has 1 N–H and O–H groups in total. The average molecular weight is 202 g/mol. The van der Waals surface area contributed by atoms with Crippen molar-refractivity contribution in [2.24, 2.45) is 0 Å². The minimum absolute atomic E-state index is 0.143. The van der Waals surface area contributed by atoms with Gasteiger partial charge >= 0.3 is 0 Å². The first-order chi connectivity index (χ1) is 6.84. The van der Waals surface area contributed by atoms with E-state index in [9.17, 15) is 4.79 Å². The predicted octanol–water partition coefficient (Wildman–Crippen LogP) is -0.919. The van der Waals surface area contributed by atoms with E-state index in [2.05, 4.69) is 5.32 Å². The third-order valence-corrected chi connectivity index (χ3v) is 2.12. The highest BCUT2D eigenvalue weighted by Crippen LogP contribution is 1.96. The Kier molecular flexibility index (Phi) is 5.51. The van der Waals surface area contributed by atoms with Crippen molar-refractivity contribution in [2.75, 3.05) is 53.1 Å². The Hall–Kier alpha value is -0.650. The van der Waals surface area contributed by atoms with Crippen molar-refractivity contribution in [3.05, 3.63) is 0 Å². The maximum absolute atomic E-state index is 11.5. The maximum Gasteiger partial charge on any atom is 0.236 e. The molecule has 1 aliphatic heterocycles. The number of methoxy groups -OCH3 is 1. The fourth-order valence-electron chi connectivity index (χ4n) is 1.29. The van der Waals surface area contributed by atoms with Crippen LogP contribution >= 0.6 is 0 Å². The Bertz CT molecular complexity index is 169. The summed E-state index contributed by atoms with van der Waals surface area (Å²) in [6.45, 7) is 4.48. The normalized spacial score (nSPS) is 17.1. The van der Waals surface area contributed by atoms with Crippen LogP contribution in [0.3, 0.4) is 0 Å². The van der Waals surface area contributed by atoms with Crippen molar-refractivity contribution in [2.45, 2.75) is 0 Å². The summed E-state index contributed by atoms with van der Waals surface area (Å²) >= 11 is 0. The second-order valence-corrected chi connectivity index (χ2v) is 3.16. The van der Waals surface area contributed by atoms with Gasteiger partial charge in [0.05, 0.1) is 26.4 Å². The van der Waals surface area contributed by atoms with Crippen molar-refractivity contribution in [1.29, 1.82) is 0 Å². The van der Waals surface area contributed by atoms with Crippen LogP contribution in [0.5, 0.6) is 0 Å². The summed E-state index contributed by atoms with van der Waals surface area (Å²) in [5.41, 5.74) is 0. The van der Waals surface area contributed by atoms with Gasteiger partial charge in [-0.1, -0.05) is 0 Å². The van der Waals surface area contributed by atoms with Crippen LogP contribution in [0.1, 0.15) is 0 Å². The van der Waals surface area contributed by atoms with E-state index < -0.39 is 0 Å². The molecule has 0 aromatic heterocycles. The van der Waals surface area contributed by atoms with Crippen LogP contribution in [0.25, 0.3) is 0 Å². The van der Waals surface area contributed by atoms with Gasteiger partial charge in [-0.2, -0.15) is 0 Å². The summed E-state index contributed by atoms with van der Waals surface area (Å²) in [5.74, 6) is 0.143. The lowest BCUT2D eigenvalue weighted by Crippen LogP contribution is -2.45. The van der Waals surface area contributed by atoms with Gasteiger partial charge < -0.3 is 19.7 Å². The summed E-state index contributed by atoms with van der Waals surface area (Å²) in [4.78, 5) is 13.4. The van der Waals surface area contributed by atoms with Crippen molar-refractivity contribution < 1.29 is 14.3 Å². The Morgan fingerprint density at radius 1 is 1.50 bits per heavy atom. The molecule has 0 saturated carbocycles. The van der Waals surface area contributed by atoms with Gasteiger partial charge in [-0.25, -0.2) is 0 Å². The smallest absolute Gasteiger partial charge is 0.236 e. The molecule has 0 atom stereocenters. The topological polar surface area (TPSA) is 50.8 Å². The molecular formula is C9H18N2O3. The van der Waals surface area contributed by atoms with Gasteiger partial charge in [0.2, 0.25) is 5.91 Å². The number of carbonyl (C=O) groups excluding carboxylic acids is 1. The number of ether oxygens (including phenoxy) is 2. The van der Waals surface area contributed by atoms with Gasteiger partial charge in [0, 0.05) is 26.7 Å². The first-order valence-electron chi connectivity index (χ1n) is 4.90. The van der Waals surface area contributed by atoms with Crippen LogP contribution in [-0.2, 0) is 14.3 Å². The van der Waals surface area contributed by atoms with E-state index in [1.165, 1.54) is 0 Å². The Morgan fingerprint density at radius 2 is 2.21 bits per heavy atom. The van der Waals surface area contributed by atoms with Gasteiger partial charge in [0.25, 0.3) is 0 Å². The molecule has 1 fully saturated rings. The molecule has 5 heteroatoms. The van der Waals surface area contributed by atoms with Crippen LogP contribution in [0.15, 0.2) is 0 Å². The zero-order chi connectivity index (χ0) is 10.2. The number of hydrogen-bond acceptors (Lipinski definition) is 4. The van der Waals surface area contributed by atoms with E-state index in [0.29, 0.717) is 46.0 Å². The van der Waals surface area contributed by atoms with Crippen LogP contribution in [0, 0.1) is 0 Å². The summed E-state index contributed by atoms with van der Waals surface area (Å²) < 4.78 is 10.0. The molecule has 1 saturated heterocycles. The van der Waals surface area contributed by atoms with E-state index >= 15 is 0 Å². The van der Waals surface area contributed by atoms with Gasteiger partial charge in [0.15, 0.2) is 0 Å². The number of nitrogens with one attached hydrogen (secondary N) is 1. The molecule has 0 aromatic carbocycles. The molecule has 0 radical (unpaired) electrons. The maximum atomic E-state index is 11.5. The van der Waals surface area contributed by atoms with Crippen molar-refractivity contribution in [1.82, 2.24) is 10.2 Å². The highest BCUT2D eigenvalue weighted by Gasteiger charge is 2.15. The molecule has 1 amide bonds. The summed E-state index contributed by atoms with van der Waals surface area (Å²) in [6, 6.07) is 0. The molecule has 0 bridgehead atoms. The van der Waals surface area contributed by atoms with E-state index in [1.807, 2.05) is 4.90 Å². The molecule has 0 aliphatic carbocycles. The van der Waals surface area contributed by atoms with E-state index in [1.54, 1.807) is 7.11 Å². The predicted molar refractivity (Wildman–Crippen MR) is 52.1 cm³/mol. The Balaban J connectivity index is 2.07. The summed E-state index contributed by atoms with van der Waals surface area (Å²) in [5, 5.41) is 3.03. The minimum atomic E-state index is 0.143. The van der Waals surface area contributed by atoms with E-state index in [4.69, 9.17) is 9.47 Å². The lowest BCUT2D eigenvalue weighted by atomic mass is 10.4. The SMILES string of the molecule is COCCNCC(=O)N1CCOCC1. The monoisotopic (exact) mass is 202 g/mol. The quantitative estimate of drug-likeness (QED) is 0.586. The average Bonchev–Trinajstić information content (AvgIpc) is 2.25. The zero-order valence-corrected chi connectivity index (χ0v) is 8.62. The molecule has 1 heterocycles. The van der Waals surface area contributed by atoms with Crippen molar-refractivity contribution in [3.8, 4) is 0 Å². The largest absolute Gasteiger partial charge is 0.383 e. The third kappa shape index (κ3) is 4.04. The fraction of sp³-hybridized carbons (Fsp3) is 0.889. The van der Waals surface area contributed by atoms with Crippen LogP contribution in [0.4, 0.5) is 0 Å². The standard InChI is InChI=1S/C9H18N2O3/c1-13-5-2-10-8-9(12)11-3-6-14-7-4-11/h10H,2-8H2,1H3. The van der Waals surface area contributed by atoms with E-state index in [0.717, 1.165) is 0 Å². The van der Waals surface area contributed by atoms with Crippen LogP contribution in [0.2, 0.25) is 0 Å². The molecule has 1 rings (SSSR count). The molecular weight excluding hydrogens is 184 g/mol. The first-order valence-corrected chi connectivity index (χ1v) is 4.90. The first kappa shape index (κ1) is 11.4. The van der Waals surface area contributed by atoms with Crippen molar-refractivity contribution >= 4 is 5.91 Å². The zero-order valence-electron chi connectivity index (χ0n) is 8.62. The van der Waals surface area contributed by atoms with Gasteiger partial charge in [0.1, 0.15) is 0 Å². The highest BCUT2D eigenvalue weighted by molar-refractivity contribution is 5.78. The Labute approximate surface area is 84.4 Å². The summed E-state index contributed by atoms with van der Waals surface area (Å²) in [6.07, 6.45) is 0. The molecule has 14 heavy (non-hydrogen) atoms. The fourth-order valence-corrected chi connectivity index (χ4v) is 1.29. The third-order valence-electron chi connectivity index (χ3n) is 2.12. The number of rotatable bonds is 5. The number of hydrogen-bond donors (Lipinski definition) is 1. The number of carbonyl (C=O) groups is 1. The van der Waals surface area contributed by atoms with Crippen molar-refractivity contribution in [3.63, 3.8) is 0 Å². The number of nitrogens with zero attached hydrogens (tertiary/aromatic N) is 1. The minimum Gasteiger partial charge on any atom is -0.383 e. The number of morpholine rings is 1.